The Balaban J connectivity index is 2.33. The molecule has 7 heteroatoms. The summed E-state index contributed by atoms with van der Waals surface area (Å²) in [6, 6.07) is 4.17. The van der Waals surface area contributed by atoms with Crippen LogP contribution in [0.5, 0.6) is 0 Å². The summed E-state index contributed by atoms with van der Waals surface area (Å²) in [4.78, 5) is 9.85. The van der Waals surface area contributed by atoms with Gasteiger partial charge < -0.3 is 10.4 Å². The molecule has 0 aliphatic carbocycles. The molecular formula is C12H17FN2O3S. The number of halogens is 1. The van der Waals surface area contributed by atoms with Gasteiger partial charge in [-0.25, -0.2) is 0 Å². The second-order valence-corrected chi connectivity index (χ2v) is 5.10. The zero-order chi connectivity index (χ0) is 14.1. The SMILES string of the molecule is O=[N+]([O-])c1cccc(CNCCSCCCO)c1F. The average molecular weight is 288 g/mol. The monoisotopic (exact) mass is 288 g/mol. The molecule has 0 aromatic heterocycles. The Hall–Kier alpha value is -1.18. The fourth-order valence-corrected chi connectivity index (χ4v) is 2.31. The van der Waals surface area contributed by atoms with Crippen molar-refractivity contribution in [2.24, 2.45) is 0 Å². The summed E-state index contributed by atoms with van der Waals surface area (Å²) < 4.78 is 13.7. The van der Waals surface area contributed by atoms with Crippen LogP contribution in [-0.2, 0) is 6.54 Å². The fraction of sp³-hybridized carbons (Fsp3) is 0.500. The summed E-state index contributed by atoms with van der Waals surface area (Å²) in [5, 5.41) is 22.2. The zero-order valence-corrected chi connectivity index (χ0v) is 11.3. The topological polar surface area (TPSA) is 75.4 Å². The molecule has 0 amide bonds. The molecule has 1 rings (SSSR count). The summed E-state index contributed by atoms with van der Waals surface area (Å²) in [6.45, 7) is 1.16. The van der Waals surface area contributed by atoms with Crippen LogP contribution in [0.15, 0.2) is 18.2 Å². The van der Waals surface area contributed by atoms with Crippen LogP contribution in [0, 0.1) is 15.9 Å². The molecule has 0 unspecified atom stereocenters. The number of rotatable bonds is 9. The number of aliphatic hydroxyl groups is 1. The molecule has 2 N–H and O–H groups in total. The summed E-state index contributed by atoms with van der Waals surface area (Å²) in [5.41, 5.74) is -0.189. The highest BCUT2D eigenvalue weighted by Crippen LogP contribution is 2.19. The van der Waals surface area contributed by atoms with Gasteiger partial charge in [-0.2, -0.15) is 16.2 Å². The summed E-state index contributed by atoms with van der Waals surface area (Å²) in [6.07, 6.45) is 0.768. The summed E-state index contributed by atoms with van der Waals surface area (Å²) in [5.74, 6) is 0.979. The van der Waals surface area contributed by atoms with Crippen molar-refractivity contribution in [2.45, 2.75) is 13.0 Å². The highest BCUT2D eigenvalue weighted by atomic mass is 32.2. The lowest BCUT2D eigenvalue weighted by Gasteiger charge is -2.06. The first kappa shape index (κ1) is 15.9. The molecule has 0 atom stereocenters. The van der Waals surface area contributed by atoms with Crippen molar-refractivity contribution in [3.63, 3.8) is 0 Å². The van der Waals surface area contributed by atoms with E-state index in [0.717, 1.165) is 24.0 Å². The molecule has 0 fully saturated rings. The van der Waals surface area contributed by atoms with Crippen LogP contribution < -0.4 is 5.32 Å². The first-order chi connectivity index (χ1) is 9.16. The van der Waals surface area contributed by atoms with Gasteiger partial charge in [0, 0.05) is 37.1 Å². The molecule has 5 nitrogen and oxygen atoms in total. The maximum absolute atomic E-state index is 13.7. The van der Waals surface area contributed by atoms with Crippen LogP contribution in [0.2, 0.25) is 0 Å². The van der Waals surface area contributed by atoms with Crippen LogP contribution in [0.4, 0.5) is 10.1 Å². The van der Waals surface area contributed by atoms with E-state index in [-0.39, 0.29) is 13.2 Å². The minimum Gasteiger partial charge on any atom is -0.396 e. The molecule has 0 spiro atoms. The lowest BCUT2D eigenvalue weighted by Crippen LogP contribution is -2.17. The summed E-state index contributed by atoms with van der Waals surface area (Å²) >= 11 is 1.70. The Morgan fingerprint density at radius 1 is 1.42 bits per heavy atom. The number of benzene rings is 1. The molecule has 1 aromatic carbocycles. The van der Waals surface area contributed by atoms with Crippen molar-refractivity contribution in [3.8, 4) is 0 Å². The van der Waals surface area contributed by atoms with E-state index in [1.165, 1.54) is 12.1 Å². The number of nitro groups is 1. The van der Waals surface area contributed by atoms with Crippen molar-refractivity contribution in [3.05, 3.63) is 39.7 Å². The van der Waals surface area contributed by atoms with E-state index in [9.17, 15) is 14.5 Å². The molecule has 0 aliphatic rings. The minimum atomic E-state index is -0.770. The van der Waals surface area contributed by atoms with E-state index in [0.29, 0.717) is 12.1 Å². The number of hydrogen-bond donors (Lipinski definition) is 2. The van der Waals surface area contributed by atoms with Crippen molar-refractivity contribution in [2.75, 3.05) is 24.7 Å². The number of nitrogens with zero attached hydrogens (tertiary/aromatic N) is 1. The highest BCUT2D eigenvalue weighted by Gasteiger charge is 2.16. The van der Waals surface area contributed by atoms with Crippen LogP contribution >= 0.6 is 11.8 Å². The number of nitrogens with one attached hydrogen (secondary N) is 1. The van der Waals surface area contributed by atoms with E-state index in [4.69, 9.17) is 5.11 Å². The minimum absolute atomic E-state index is 0.194. The number of hydrogen-bond acceptors (Lipinski definition) is 5. The van der Waals surface area contributed by atoms with Crippen molar-refractivity contribution >= 4 is 17.4 Å². The highest BCUT2D eigenvalue weighted by molar-refractivity contribution is 7.99. The van der Waals surface area contributed by atoms with Crippen LogP contribution in [0.3, 0.4) is 0 Å². The van der Waals surface area contributed by atoms with E-state index >= 15 is 0 Å². The normalized spacial score (nSPS) is 10.6. The molecule has 106 valence electrons. The average Bonchev–Trinajstić information content (AvgIpc) is 2.39. The molecule has 0 aliphatic heterocycles. The van der Waals surface area contributed by atoms with E-state index in [2.05, 4.69) is 5.32 Å². The van der Waals surface area contributed by atoms with Gasteiger partial charge in [0.15, 0.2) is 0 Å². The number of thioether (sulfide) groups is 1. The van der Waals surface area contributed by atoms with Gasteiger partial charge in [-0.3, -0.25) is 10.1 Å². The Kier molecular flexibility index (Phi) is 7.39. The predicted octanol–water partition coefficient (Wildman–Crippen LogP) is 1.94. The molecule has 0 heterocycles. The van der Waals surface area contributed by atoms with Gasteiger partial charge >= 0.3 is 5.69 Å². The third-order valence-corrected chi connectivity index (χ3v) is 3.51. The quantitative estimate of drug-likeness (QED) is 0.412. The van der Waals surface area contributed by atoms with Crippen molar-refractivity contribution < 1.29 is 14.4 Å². The van der Waals surface area contributed by atoms with Gasteiger partial charge in [0.05, 0.1) is 4.92 Å². The first-order valence-electron chi connectivity index (χ1n) is 5.98. The fourth-order valence-electron chi connectivity index (χ4n) is 1.48. The number of nitro benzene ring substituents is 1. The van der Waals surface area contributed by atoms with Gasteiger partial charge in [0.25, 0.3) is 0 Å². The molecule has 0 saturated carbocycles. The molecule has 0 bridgehead atoms. The van der Waals surface area contributed by atoms with Gasteiger partial charge in [0.1, 0.15) is 0 Å². The van der Waals surface area contributed by atoms with Crippen molar-refractivity contribution in [1.29, 1.82) is 0 Å². The van der Waals surface area contributed by atoms with Crippen LogP contribution in [-0.4, -0.2) is 34.7 Å². The smallest absolute Gasteiger partial charge is 0.305 e. The second kappa shape index (κ2) is 8.84. The second-order valence-electron chi connectivity index (χ2n) is 3.87. The molecule has 0 saturated heterocycles. The van der Waals surface area contributed by atoms with Crippen molar-refractivity contribution in [1.82, 2.24) is 5.32 Å². The standard InChI is InChI=1S/C12H17FN2O3S/c13-12-10(3-1-4-11(12)15(17)18)9-14-5-8-19-7-2-6-16/h1,3-4,14,16H,2,5-9H2. The Morgan fingerprint density at radius 2 is 2.21 bits per heavy atom. The van der Waals surface area contributed by atoms with Gasteiger partial charge in [-0.05, 0) is 12.2 Å². The third kappa shape index (κ3) is 5.54. The molecule has 1 aromatic rings. The molecule has 19 heavy (non-hydrogen) atoms. The Labute approximate surface area is 115 Å². The predicted molar refractivity (Wildman–Crippen MR) is 73.8 cm³/mol. The zero-order valence-electron chi connectivity index (χ0n) is 10.5. The maximum atomic E-state index is 13.7. The lowest BCUT2D eigenvalue weighted by atomic mass is 10.2. The van der Waals surface area contributed by atoms with E-state index in [1.54, 1.807) is 11.8 Å². The first-order valence-corrected chi connectivity index (χ1v) is 7.13. The van der Waals surface area contributed by atoms with Crippen LogP contribution in [0.25, 0.3) is 0 Å². The van der Waals surface area contributed by atoms with Gasteiger partial charge in [-0.1, -0.05) is 12.1 Å². The molecular weight excluding hydrogens is 271 g/mol. The Morgan fingerprint density at radius 3 is 2.89 bits per heavy atom. The van der Waals surface area contributed by atoms with Gasteiger partial charge in [-0.15, -0.1) is 0 Å². The van der Waals surface area contributed by atoms with Gasteiger partial charge in [0.2, 0.25) is 5.82 Å². The third-order valence-electron chi connectivity index (χ3n) is 2.44. The maximum Gasteiger partial charge on any atom is 0.305 e. The van der Waals surface area contributed by atoms with E-state index < -0.39 is 16.4 Å². The molecule has 0 radical (unpaired) electrons. The Bertz CT molecular complexity index is 418. The van der Waals surface area contributed by atoms with E-state index in [1.807, 2.05) is 0 Å². The lowest BCUT2D eigenvalue weighted by molar-refractivity contribution is -0.387. The largest absolute Gasteiger partial charge is 0.396 e. The summed E-state index contributed by atoms with van der Waals surface area (Å²) in [7, 11) is 0. The van der Waals surface area contributed by atoms with Crippen LogP contribution in [0.1, 0.15) is 12.0 Å². The number of aliphatic hydroxyl groups excluding tert-OH is 1.